The van der Waals surface area contributed by atoms with E-state index < -0.39 is 9.85 Å². The van der Waals surface area contributed by atoms with Crippen LogP contribution >= 0.6 is 0 Å². The Hall–Kier alpha value is -3.80. The molecule has 0 radical (unpaired) electrons. The summed E-state index contributed by atoms with van der Waals surface area (Å²) >= 11 is 0. The molecule has 0 bridgehead atoms. The molecule has 0 N–H and O–H groups in total. The van der Waals surface area contributed by atoms with Gasteiger partial charge in [0, 0.05) is 12.1 Å². The summed E-state index contributed by atoms with van der Waals surface area (Å²) in [6.07, 6.45) is 0. The minimum Gasteiger partial charge on any atom is -0.487 e. The first-order valence-electron chi connectivity index (χ1n) is 14.1. The zero-order chi connectivity index (χ0) is 31.2. The first kappa shape index (κ1) is 34.7. The van der Waals surface area contributed by atoms with Gasteiger partial charge in [-0.15, -0.1) is 0 Å². The highest BCUT2D eigenvalue weighted by molar-refractivity contribution is 5.49. The molecule has 1 aliphatic heterocycles. The molecular formula is C28H38N2O14. The lowest BCUT2D eigenvalue weighted by Gasteiger charge is -2.14. The van der Waals surface area contributed by atoms with Gasteiger partial charge in [-0.25, -0.2) is 0 Å². The number of nitro groups is 2. The van der Waals surface area contributed by atoms with E-state index in [1.165, 1.54) is 36.4 Å². The fourth-order valence-corrected chi connectivity index (χ4v) is 3.61. The van der Waals surface area contributed by atoms with E-state index in [-0.39, 0.29) is 75.7 Å². The normalized spacial score (nSPS) is 18.0. The molecule has 16 heteroatoms. The van der Waals surface area contributed by atoms with Gasteiger partial charge >= 0.3 is 0 Å². The van der Waals surface area contributed by atoms with Crippen molar-refractivity contribution in [3.8, 4) is 23.0 Å². The van der Waals surface area contributed by atoms with E-state index in [9.17, 15) is 20.2 Å². The Morgan fingerprint density at radius 3 is 0.909 bits per heavy atom. The van der Waals surface area contributed by atoms with Crippen LogP contribution in [0.5, 0.6) is 23.0 Å². The Kier molecular flexibility index (Phi) is 16.5. The number of benzene rings is 2. The lowest BCUT2D eigenvalue weighted by Crippen LogP contribution is -2.15. The molecule has 16 nitrogen and oxygen atoms in total. The average Bonchev–Trinajstić information content (AvgIpc) is 3.01. The number of hydrogen-bond donors (Lipinski definition) is 0. The van der Waals surface area contributed by atoms with Gasteiger partial charge in [0.2, 0.25) is 0 Å². The van der Waals surface area contributed by atoms with Gasteiger partial charge in [0.05, 0.1) is 101 Å². The van der Waals surface area contributed by atoms with Gasteiger partial charge in [0.15, 0.2) is 23.0 Å². The predicted octanol–water partition coefficient (Wildman–Crippen LogP) is 2.83. The van der Waals surface area contributed by atoms with Crippen LogP contribution in [0.4, 0.5) is 11.4 Å². The number of rotatable bonds is 2. The zero-order valence-corrected chi connectivity index (χ0v) is 24.4. The lowest BCUT2D eigenvalue weighted by molar-refractivity contribution is -0.385. The van der Waals surface area contributed by atoms with Crippen molar-refractivity contribution in [1.82, 2.24) is 0 Å². The first-order chi connectivity index (χ1) is 21.5. The molecule has 0 amide bonds. The minimum absolute atomic E-state index is 0.123. The predicted molar refractivity (Wildman–Crippen MR) is 153 cm³/mol. The summed E-state index contributed by atoms with van der Waals surface area (Å²) < 4.78 is 55.7. The average molecular weight is 627 g/mol. The van der Waals surface area contributed by atoms with Crippen LogP contribution in [0.15, 0.2) is 36.4 Å². The van der Waals surface area contributed by atoms with Gasteiger partial charge in [-0.1, -0.05) is 0 Å². The molecule has 2 aromatic carbocycles. The van der Waals surface area contributed by atoms with Crippen LogP contribution in [0.2, 0.25) is 0 Å². The summed E-state index contributed by atoms with van der Waals surface area (Å²) in [6, 6.07) is 8.22. The summed E-state index contributed by atoms with van der Waals surface area (Å²) in [6.45, 7) is 4.42. The second-order valence-electron chi connectivity index (χ2n) is 8.84. The number of ether oxygens (including phenoxy) is 10. The second kappa shape index (κ2) is 21.0. The van der Waals surface area contributed by atoms with Crippen molar-refractivity contribution in [2.75, 3.05) is 106 Å². The van der Waals surface area contributed by atoms with E-state index in [4.69, 9.17) is 47.4 Å². The maximum absolute atomic E-state index is 11.2. The SMILES string of the molecule is O=[N+]([O-])c1ccc2c(c1)OCCOCCOCCOCCOCCOc1cc([N+](=O)[O-])ccc1OCCOCCOCCO2. The van der Waals surface area contributed by atoms with E-state index >= 15 is 0 Å². The summed E-state index contributed by atoms with van der Waals surface area (Å²) in [5, 5.41) is 22.4. The van der Waals surface area contributed by atoms with E-state index in [0.717, 1.165) is 0 Å². The quantitative estimate of drug-likeness (QED) is 0.351. The Bertz CT molecular complexity index is 1050. The number of fused-ring (bicyclic) bond motifs is 2. The van der Waals surface area contributed by atoms with E-state index in [1.807, 2.05) is 0 Å². The molecule has 1 aliphatic rings. The summed E-state index contributed by atoms with van der Waals surface area (Å²) in [7, 11) is 0. The smallest absolute Gasteiger partial charge is 0.273 e. The summed E-state index contributed by atoms with van der Waals surface area (Å²) in [5.74, 6) is 1.14. The fraction of sp³-hybridized carbons (Fsp3) is 0.571. The van der Waals surface area contributed by atoms with E-state index in [2.05, 4.69) is 0 Å². The van der Waals surface area contributed by atoms with Crippen molar-refractivity contribution in [3.63, 3.8) is 0 Å². The molecule has 44 heavy (non-hydrogen) atoms. The monoisotopic (exact) mass is 626 g/mol. The van der Waals surface area contributed by atoms with Crippen molar-refractivity contribution in [2.24, 2.45) is 0 Å². The zero-order valence-electron chi connectivity index (χ0n) is 24.4. The molecule has 1 heterocycles. The molecule has 0 atom stereocenters. The van der Waals surface area contributed by atoms with Crippen molar-refractivity contribution in [1.29, 1.82) is 0 Å². The lowest BCUT2D eigenvalue weighted by atomic mass is 10.3. The molecule has 0 aromatic heterocycles. The van der Waals surface area contributed by atoms with Crippen molar-refractivity contribution >= 4 is 11.4 Å². The largest absolute Gasteiger partial charge is 0.487 e. The molecule has 0 fully saturated rings. The Morgan fingerprint density at radius 1 is 0.386 bits per heavy atom. The summed E-state index contributed by atoms with van der Waals surface area (Å²) in [4.78, 5) is 21.4. The molecule has 0 saturated carbocycles. The van der Waals surface area contributed by atoms with Crippen LogP contribution in [0.1, 0.15) is 0 Å². The Balaban J connectivity index is 1.49. The number of nitro benzene ring substituents is 2. The molecular weight excluding hydrogens is 588 g/mol. The van der Waals surface area contributed by atoms with Crippen LogP contribution in [-0.4, -0.2) is 116 Å². The molecule has 3 rings (SSSR count). The molecule has 0 unspecified atom stereocenters. The van der Waals surface area contributed by atoms with Crippen LogP contribution in [0, 0.1) is 20.2 Å². The van der Waals surface area contributed by atoms with Crippen LogP contribution in [-0.2, 0) is 28.4 Å². The highest BCUT2D eigenvalue weighted by Gasteiger charge is 2.15. The first-order valence-corrected chi connectivity index (χ1v) is 14.1. The third-order valence-corrected chi connectivity index (χ3v) is 5.71. The molecule has 244 valence electrons. The molecule has 0 aliphatic carbocycles. The minimum atomic E-state index is -0.511. The van der Waals surface area contributed by atoms with Crippen molar-refractivity contribution < 1.29 is 57.2 Å². The second-order valence-corrected chi connectivity index (χ2v) is 8.84. The molecule has 0 spiro atoms. The van der Waals surface area contributed by atoms with Crippen LogP contribution < -0.4 is 18.9 Å². The van der Waals surface area contributed by atoms with Gasteiger partial charge in [-0.3, -0.25) is 20.2 Å². The number of hydrogen-bond acceptors (Lipinski definition) is 14. The third kappa shape index (κ3) is 13.7. The Morgan fingerprint density at radius 2 is 0.636 bits per heavy atom. The number of nitrogens with zero attached hydrogens (tertiary/aromatic N) is 2. The standard InChI is InChI=1S/C28H38N2O14/c31-29(32)23-1-3-25-27(21-23)43-19-15-39-9-7-35-5-6-36-8-10-40-16-20-44-28-22-24(30(33)34)2-4-26(28)42-18-14-38-12-11-37-13-17-41-25/h1-4,21-22H,5-20H2. The van der Waals surface area contributed by atoms with Gasteiger partial charge in [0.25, 0.3) is 11.4 Å². The highest BCUT2D eigenvalue weighted by atomic mass is 16.6. The van der Waals surface area contributed by atoms with Gasteiger partial charge in [-0.05, 0) is 12.1 Å². The number of non-ortho nitro benzene ring substituents is 2. The Labute approximate surface area is 254 Å². The van der Waals surface area contributed by atoms with Gasteiger partial charge in [-0.2, -0.15) is 0 Å². The van der Waals surface area contributed by atoms with Crippen LogP contribution in [0.3, 0.4) is 0 Å². The summed E-state index contributed by atoms with van der Waals surface area (Å²) in [5.41, 5.74) is -0.246. The van der Waals surface area contributed by atoms with Crippen LogP contribution in [0.25, 0.3) is 0 Å². The van der Waals surface area contributed by atoms with E-state index in [1.54, 1.807) is 0 Å². The van der Waals surface area contributed by atoms with Gasteiger partial charge in [0.1, 0.15) is 26.4 Å². The highest BCUT2D eigenvalue weighted by Crippen LogP contribution is 2.32. The molecule has 2 aromatic rings. The van der Waals surface area contributed by atoms with E-state index in [0.29, 0.717) is 64.4 Å². The topological polar surface area (TPSA) is 179 Å². The van der Waals surface area contributed by atoms with Gasteiger partial charge < -0.3 is 47.4 Å². The maximum atomic E-state index is 11.2. The maximum Gasteiger partial charge on any atom is 0.273 e. The fourth-order valence-electron chi connectivity index (χ4n) is 3.61. The van der Waals surface area contributed by atoms with Crippen molar-refractivity contribution in [2.45, 2.75) is 0 Å². The third-order valence-electron chi connectivity index (χ3n) is 5.71. The van der Waals surface area contributed by atoms with Crippen molar-refractivity contribution in [3.05, 3.63) is 56.6 Å². The molecule has 0 saturated heterocycles.